The summed E-state index contributed by atoms with van der Waals surface area (Å²) in [6, 6.07) is 10.2. The molecule has 1 aromatic carbocycles. The summed E-state index contributed by atoms with van der Waals surface area (Å²) in [6.45, 7) is 1.60. The number of nitrogens with zero attached hydrogens (tertiary/aromatic N) is 5. The van der Waals surface area contributed by atoms with Crippen LogP contribution >= 0.6 is 0 Å². The van der Waals surface area contributed by atoms with E-state index in [0.29, 0.717) is 6.01 Å². The minimum atomic E-state index is -0.207. The third-order valence-corrected chi connectivity index (χ3v) is 6.05. The normalized spacial score (nSPS) is 22.9. The maximum absolute atomic E-state index is 13.6. The Morgan fingerprint density at radius 1 is 1.11 bits per heavy atom. The smallest absolute Gasteiger partial charge is 0.299 e. The highest BCUT2D eigenvalue weighted by Gasteiger charge is 2.40. The molecule has 2 fully saturated rings. The van der Waals surface area contributed by atoms with E-state index in [0.717, 1.165) is 62.0 Å². The third kappa shape index (κ3) is 2.85. The summed E-state index contributed by atoms with van der Waals surface area (Å²) < 4.78 is 7.86. The van der Waals surface area contributed by atoms with Crippen LogP contribution in [0.1, 0.15) is 43.8 Å². The molecular formula is C21H25N5O2. The molecule has 2 aliphatic rings. The Morgan fingerprint density at radius 2 is 2.00 bits per heavy atom. The molecule has 4 heterocycles. The number of carbonyl (C=O) groups is 1. The Morgan fingerprint density at radius 3 is 2.82 bits per heavy atom. The maximum Gasteiger partial charge on any atom is 0.299 e. The predicted octanol–water partition coefficient (Wildman–Crippen LogP) is 3.28. The van der Waals surface area contributed by atoms with Crippen molar-refractivity contribution in [3.8, 4) is 0 Å². The molecule has 0 N–H and O–H groups in total. The first-order chi connectivity index (χ1) is 13.7. The van der Waals surface area contributed by atoms with Crippen molar-refractivity contribution in [2.45, 2.75) is 44.2 Å². The van der Waals surface area contributed by atoms with Crippen molar-refractivity contribution in [1.82, 2.24) is 19.7 Å². The fourth-order valence-corrected chi connectivity index (χ4v) is 4.64. The molecule has 7 heteroatoms. The van der Waals surface area contributed by atoms with Gasteiger partial charge in [-0.05, 0) is 50.3 Å². The molecule has 2 saturated heterocycles. The van der Waals surface area contributed by atoms with E-state index < -0.39 is 0 Å². The van der Waals surface area contributed by atoms with Gasteiger partial charge in [-0.3, -0.25) is 9.48 Å². The van der Waals surface area contributed by atoms with Crippen molar-refractivity contribution in [2.24, 2.45) is 7.05 Å². The average Bonchev–Trinajstić information content (AvgIpc) is 3.45. The van der Waals surface area contributed by atoms with Crippen LogP contribution in [0.4, 0.5) is 6.01 Å². The van der Waals surface area contributed by atoms with Gasteiger partial charge in [-0.2, -0.15) is 10.1 Å². The lowest BCUT2D eigenvalue weighted by Crippen LogP contribution is -2.49. The highest BCUT2D eigenvalue weighted by molar-refractivity contribution is 5.86. The Balaban J connectivity index is 1.43. The molecule has 1 amide bonds. The zero-order valence-electron chi connectivity index (χ0n) is 16.1. The molecule has 0 aliphatic carbocycles. The van der Waals surface area contributed by atoms with Gasteiger partial charge in [-0.25, -0.2) is 0 Å². The van der Waals surface area contributed by atoms with Gasteiger partial charge in [0.15, 0.2) is 5.58 Å². The second kappa shape index (κ2) is 6.96. The van der Waals surface area contributed by atoms with E-state index in [1.165, 1.54) is 0 Å². The van der Waals surface area contributed by atoms with Crippen LogP contribution in [-0.4, -0.2) is 44.7 Å². The summed E-state index contributed by atoms with van der Waals surface area (Å²) in [5, 5.41) is 4.31. The molecule has 5 rings (SSSR count). The van der Waals surface area contributed by atoms with Gasteiger partial charge in [-0.15, -0.1) is 0 Å². The van der Waals surface area contributed by atoms with E-state index in [-0.39, 0.29) is 18.0 Å². The fraction of sp³-hybridized carbons (Fsp3) is 0.476. The van der Waals surface area contributed by atoms with E-state index in [2.05, 4.69) is 19.9 Å². The number of hydrogen-bond donors (Lipinski definition) is 0. The van der Waals surface area contributed by atoms with E-state index >= 15 is 0 Å². The number of aryl methyl sites for hydroxylation is 1. The molecule has 2 aliphatic heterocycles. The number of fused-ring (bicyclic) bond motifs is 1. The number of piperidine rings is 1. The van der Waals surface area contributed by atoms with Gasteiger partial charge in [0.2, 0.25) is 5.91 Å². The summed E-state index contributed by atoms with van der Waals surface area (Å²) in [5.74, 6) is 0.186. The molecule has 0 bridgehead atoms. The molecule has 2 atom stereocenters. The zero-order chi connectivity index (χ0) is 19.1. The van der Waals surface area contributed by atoms with Crippen LogP contribution in [0.5, 0.6) is 0 Å². The lowest BCUT2D eigenvalue weighted by Gasteiger charge is -2.38. The van der Waals surface area contributed by atoms with Gasteiger partial charge < -0.3 is 14.2 Å². The maximum atomic E-state index is 13.6. The quantitative estimate of drug-likeness (QED) is 0.699. The number of oxazole rings is 1. The lowest BCUT2D eigenvalue weighted by atomic mass is 9.97. The van der Waals surface area contributed by atoms with E-state index in [1.807, 2.05) is 48.3 Å². The van der Waals surface area contributed by atoms with Crippen molar-refractivity contribution >= 4 is 23.0 Å². The molecule has 28 heavy (non-hydrogen) atoms. The van der Waals surface area contributed by atoms with Gasteiger partial charge >= 0.3 is 0 Å². The standard InChI is InChI=1S/C21H25N5O2/c1-24-16(11-12-22-24)17-8-4-5-13-25(17)20(27)18-9-6-14-26(18)21-23-15-7-2-3-10-19(15)28-21/h2-3,7,10-12,17-18H,4-6,8-9,13-14H2,1H3. The first kappa shape index (κ1) is 17.3. The van der Waals surface area contributed by atoms with Crippen molar-refractivity contribution in [3.63, 3.8) is 0 Å². The highest BCUT2D eigenvalue weighted by atomic mass is 16.4. The zero-order valence-corrected chi connectivity index (χ0v) is 16.1. The molecule has 0 spiro atoms. The molecule has 0 radical (unpaired) electrons. The number of likely N-dealkylation sites (tertiary alicyclic amines) is 1. The van der Waals surface area contributed by atoms with Gasteiger partial charge in [0.25, 0.3) is 6.01 Å². The Hall–Kier alpha value is -2.83. The Kier molecular flexibility index (Phi) is 4.30. The van der Waals surface area contributed by atoms with Gasteiger partial charge in [-0.1, -0.05) is 12.1 Å². The van der Waals surface area contributed by atoms with Crippen LogP contribution in [0.2, 0.25) is 0 Å². The summed E-state index contributed by atoms with van der Waals surface area (Å²) in [6.07, 6.45) is 6.80. The summed E-state index contributed by atoms with van der Waals surface area (Å²) in [7, 11) is 1.95. The van der Waals surface area contributed by atoms with Crippen LogP contribution in [0.3, 0.4) is 0 Å². The molecule has 7 nitrogen and oxygen atoms in total. The van der Waals surface area contributed by atoms with Gasteiger partial charge in [0, 0.05) is 26.3 Å². The van der Waals surface area contributed by atoms with Crippen LogP contribution in [0, 0.1) is 0 Å². The minimum absolute atomic E-state index is 0.0971. The van der Waals surface area contributed by atoms with Crippen LogP contribution in [0.15, 0.2) is 40.9 Å². The first-order valence-electron chi connectivity index (χ1n) is 10.1. The minimum Gasteiger partial charge on any atom is -0.423 e. The van der Waals surface area contributed by atoms with Crippen LogP contribution in [0.25, 0.3) is 11.1 Å². The summed E-state index contributed by atoms with van der Waals surface area (Å²) >= 11 is 0. The molecule has 2 aromatic heterocycles. The number of rotatable bonds is 3. The predicted molar refractivity (Wildman–Crippen MR) is 106 cm³/mol. The first-order valence-corrected chi connectivity index (χ1v) is 10.1. The van der Waals surface area contributed by atoms with Crippen LogP contribution < -0.4 is 4.90 Å². The SMILES string of the molecule is Cn1nccc1C1CCCCN1C(=O)C1CCCN1c1nc2ccccc2o1. The molecule has 0 saturated carbocycles. The monoisotopic (exact) mass is 379 g/mol. The number of para-hydroxylation sites is 2. The lowest BCUT2D eigenvalue weighted by molar-refractivity contribution is -0.136. The second-order valence-electron chi connectivity index (χ2n) is 7.74. The Bertz CT molecular complexity index is 961. The fourth-order valence-electron chi connectivity index (χ4n) is 4.64. The number of carbonyl (C=O) groups excluding carboxylic acids is 1. The van der Waals surface area contributed by atoms with Gasteiger partial charge in [0.1, 0.15) is 11.6 Å². The third-order valence-electron chi connectivity index (χ3n) is 6.05. The van der Waals surface area contributed by atoms with E-state index in [4.69, 9.17) is 4.42 Å². The summed E-state index contributed by atoms with van der Waals surface area (Å²) in [4.78, 5) is 22.3. The molecule has 146 valence electrons. The highest BCUT2D eigenvalue weighted by Crippen LogP contribution is 2.34. The average molecular weight is 379 g/mol. The number of aromatic nitrogens is 3. The Labute approximate surface area is 163 Å². The number of amides is 1. The van der Waals surface area contributed by atoms with E-state index in [9.17, 15) is 4.79 Å². The van der Waals surface area contributed by atoms with Crippen molar-refractivity contribution in [3.05, 3.63) is 42.2 Å². The van der Waals surface area contributed by atoms with Crippen molar-refractivity contribution in [2.75, 3.05) is 18.0 Å². The summed E-state index contributed by atoms with van der Waals surface area (Å²) in [5.41, 5.74) is 2.71. The second-order valence-corrected chi connectivity index (χ2v) is 7.74. The number of hydrogen-bond acceptors (Lipinski definition) is 5. The molecule has 3 aromatic rings. The van der Waals surface area contributed by atoms with Crippen molar-refractivity contribution < 1.29 is 9.21 Å². The molecule has 2 unspecified atom stereocenters. The number of benzene rings is 1. The molecular weight excluding hydrogens is 354 g/mol. The van der Waals surface area contributed by atoms with Crippen LogP contribution in [-0.2, 0) is 11.8 Å². The van der Waals surface area contributed by atoms with Crippen molar-refractivity contribution in [1.29, 1.82) is 0 Å². The topological polar surface area (TPSA) is 67.4 Å². The largest absolute Gasteiger partial charge is 0.423 e. The number of anilines is 1. The van der Waals surface area contributed by atoms with E-state index in [1.54, 1.807) is 0 Å². The van der Waals surface area contributed by atoms with Gasteiger partial charge in [0.05, 0.1) is 11.7 Å².